The van der Waals surface area contributed by atoms with Gasteiger partial charge in [0.15, 0.2) is 11.5 Å². The normalized spacial score (nSPS) is 11.6. The van der Waals surface area contributed by atoms with Crippen LogP contribution in [0.3, 0.4) is 0 Å². The molecule has 0 aliphatic heterocycles. The van der Waals surface area contributed by atoms with Crippen LogP contribution < -0.4 is 14.2 Å². The summed E-state index contributed by atoms with van der Waals surface area (Å²) in [5.74, 6) is 1.66. The van der Waals surface area contributed by atoms with Gasteiger partial charge in [-0.2, -0.15) is 0 Å². The lowest BCUT2D eigenvalue weighted by molar-refractivity contribution is -0.136. The average Bonchev–Trinajstić information content (AvgIpc) is 2.76. The summed E-state index contributed by atoms with van der Waals surface area (Å²) >= 11 is 6.14. The number of hydrogen-bond acceptors (Lipinski definition) is 5. The van der Waals surface area contributed by atoms with Gasteiger partial charge in [-0.3, -0.25) is 9.78 Å². The number of aliphatic carboxylic acids is 1. The minimum atomic E-state index is -0.835. The molecule has 0 saturated heterocycles. The number of carboxylic acid groups (broad SMARTS) is 1. The molecule has 3 rings (SSSR count). The van der Waals surface area contributed by atoms with Crippen LogP contribution in [0.2, 0.25) is 5.02 Å². The van der Waals surface area contributed by atoms with E-state index in [1.165, 1.54) is 0 Å². The number of hydrogen-bond donors (Lipinski definition) is 1. The van der Waals surface area contributed by atoms with Gasteiger partial charge in [-0.15, -0.1) is 0 Å². The molecule has 0 saturated carbocycles. The van der Waals surface area contributed by atoms with Crippen molar-refractivity contribution in [3.05, 3.63) is 77.1 Å². The lowest BCUT2D eigenvalue weighted by Gasteiger charge is -2.18. The van der Waals surface area contributed by atoms with Crippen molar-refractivity contribution in [2.24, 2.45) is 0 Å². The Morgan fingerprint density at radius 1 is 1.09 bits per heavy atom. The SMILES string of the molecule is Cc1cc(OCC[C@@H](C)Oc2ccc(Cl)cc2Oc2ccccc2)cnc1CCC(=O)O. The van der Waals surface area contributed by atoms with E-state index in [0.29, 0.717) is 47.5 Å². The van der Waals surface area contributed by atoms with E-state index in [1.54, 1.807) is 24.4 Å². The third kappa shape index (κ3) is 7.17. The Labute approximate surface area is 192 Å². The van der Waals surface area contributed by atoms with Crippen molar-refractivity contribution in [1.82, 2.24) is 4.98 Å². The minimum Gasteiger partial charge on any atom is -0.492 e. The van der Waals surface area contributed by atoms with Gasteiger partial charge in [0.25, 0.3) is 0 Å². The van der Waals surface area contributed by atoms with Crippen LogP contribution in [-0.4, -0.2) is 28.8 Å². The van der Waals surface area contributed by atoms with Gasteiger partial charge in [0.05, 0.1) is 25.3 Å². The maximum Gasteiger partial charge on any atom is 0.303 e. The first-order valence-corrected chi connectivity index (χ1v) is 10.8. The van der Waals surface area contributed by atoms with Crippen molar-refractivity contribution in [3.8, 4) is 23.0 Å². The van der Waals surface area contributed by atoms with Crippen molar-refractivity contribution in [2.45, 2.75) is 39.2 Å². The molecule has 6 nitrogen and oxygen atoms in total. The van der Waals surface area contributed by atoms with Crippen LogP contribution in [0.4, 0.5) is 0 Å². The van der Waals surface area contributed by atoms with E-state index in [2.05, 4.69) is 4.98 Å². The molecule has 3 aromatic rings. The van der Waals surface area contributed by atoms with Gasteiger partial charge in [-0.05, 0) is 49.7 Å². The van der Waals surface area contributed by atoms with E-state index in [-0.39, 0.29) is 12.5 Å². The number of benzene rings is 2. The van der Waals surface area contributed by atoms with Crippen molar-refractivity contribution in [2.75, 3.05) is 6.61 Å². The summed E-state index contributed by atoms with van der Waals surface area (Å²) in [6.45, 7) is 4.31. The zero-order valence-electron chi connectivity index (χ0n) is 18.1. The summed E-state index contributed by atoms with van der Waals surface area (Å²) < 4.78 is 17.8. The van der Waals surface area contributed by atoms with Gasteiger partial charge < -0.3 is 19.3 Å². The topological polar surface area (TPSA) is 77.9 Å². The molecule has 1 atom stereocenters. The Bertz CT molecular complexity index is 1040. The van der Waals surface area contributed by atoms with E-state index in [9.17, 15) is 4.79 Å². The number of carbonyl (C=O) groups is 1. The van der Waals surface area contributed by atoms with Crippen LogP contribution in [0.1, 0.15) is 31.0 Å². The standard InChI is InChI=1S/C25H26ClNO5/c1-17-14-21(16-27-22(17)9-11-25(28)29)30-13-12-18(2)31-23-10-8-19(26)15-24(23)32-20-6-4-3-5-7-20/h3-8,10,14-16,18H,9,11-13H2,1-2H3,(H,28,29)/t18-/m1/s1. The second-order valence-electron chi connectivity index (χ2n) is 7.40. The minimum absolute atomic E-state index is 0.0591. The average molecular weight is 456 g/mol. The van der Waals surface area contributed by atoms with Crippen molar-refractivity contribution in [1.29, 1.82) is 0 Å². The molecule has 0 aliphatic carbocycles. The zero-order valence-corrected chi connectivity index (χ0v) is 18.8. The predicted octanol–water partition coefficient (Wildman–Crippen LogP) is 6.09. The first-order chi connectivity index (χ1) is 15.4. The molecule has 0 aliphatic rings. The van der Waals surface area contributed by atoms with E-state index in [1.807, 2.05) is 50.2 Å². The Balaban J connectivity index is 1.53. The predicted molar refractivity (Wildman–Crippen MR) is 123 cm³/mol. The highest BCUT2D eigenvalue weighted by molar-refractivity contribution is 6.30. The molecule has 2 aromatic carbocycles. The lowest BCUT2D eigenvalue weighted by atomic mass is 10.1. The third-order valence-electron chi connectivity index (χ3n) is 4.74. The Kier molecular flexibility index (Phi) is 8.34. The van der Waals surface area contributed by atoms with E-state index < -0.39 is 5.97 Å². The molecule has 168 valence electrons. The van der Waals surface area contributed by atoms with Gasteiger partial charge in [-0.25, -0.2) is 0 Å². The summed E-state index contributed by atoms with van der Waals surface area (Å²) in [7, 11) is 0. The van der Waals surface area contributed by atoms with Gasteiger partial charge in [0.2, 0.25) is 0 Å². The van der Waals surface area contributed by atoms with Crippen LogP contribution >= 0.6 is 11.6 Å². The third-order valence-corrected chi connectivity index (χ3v) is 4.97. The zero-order chi connectivity index (χ0) is 22.9. The molecule has 0 bridgehead atoms. The van der Waals surface area contributed by atoms with E-state index in [4.69, 9.17) is 30.9 Å². The fourth-order valence-electron chi connectivity index (χ4n) is 3.04. The molecule has 0 radical (unpaired) electrons. The van der Waals surface area contributed by atoms with Crippen molar-refractivity contribution in [3.63, 3.8) is 0 Å². The highest BCUT2D eigenvalue weighted by atomic mass is 35.5. The molecule has 7 heteroatoms. The van der Waals surface area contributed by atoms with Crippen LogP contribution in [0, 0.1) is 6.92 Å². The molecular weight excluding hydrogens is 430 g/mol. The summed E-state index contributed by atoms with van der Waals surface area (Å²) in [6, 6.07) is 16.6. The molecule has 0 spiro atoms. The van der Waals surface area contributed by atoms with Crippen LogP contribution in [0.15, 0.2) is 60.8 Å². The summed E-state index contributed by atoms with van der Waals surface area (Å²) in [5, 5.41) is 9.38. The number of carboxylic acids is 1. The number of ether oxygens (including phenoxy) is 3. The van der Waals surface area contributed by atoms with E-state index >= 15 is 0 Å². The number of aromatic nitrogens is 1. The molecule has 0 fully saturated rings. The van der Waals surface area contributed by atoms with Gasteiger partial charge >= 0.3 is 5.97 Å². The fraction of sp³-hybridized carbons (Fsp3) is 0.280. The molecular formula is C25H26ClNO5. The van der Waals surface area contributed by atoms with Crippen LogP contribution in [-0.2, 0) is 11.2 Å². The number of nitrogens with zero attached hydrogens (tertiary/aromatic N) is 1. The Morgan fingerprint density at radius 2 is 1.88 bits per heavy atom. The number of pyridine rings is 1. The largest absolute Gasteiger partial charge is 0.492 e. The van der Waals surface area contributed by atoms with Gasteiger partial charge in [0, 0.05) is 29.6 Å². The van der Waals surface area contributed by atoms with Gasteiger partial charge in [0.1, 0.15) is 11.5 Å². The Hall–Kier alpha value is -3.25. The Morgan fingerprint density at radius 3 is 2.59 bits per heavy atom. The van der Waals surface area contributed by atoms with Crippen LogP contribution in [0.5, 0.6) is 23.0 Å². The fourth-order valence-corrected chi connectivity index (χ4v) is 3.20. The summed E-state index contributed by atoms with van der Waals surface area (Å²) in [4.78, 5) is 15.1. The number of aryl methyl sites for hydroxylation is 2. The molecule has 0 unspecified atom stereocenters. The van der Waals surface area contributed by atoms with Gasteiger partial charge in [-0.1, -0.05) is 29.8 Å². The number of para-hydroxylation sites is 1. The number of rotatable bonds is 11. The molecule has 0 amide bonds. The second-order valence-corrected chi connectivity index (χ2v) is 7.84. The summed E-state index contributed by atoms with van der Waals surface area (Å²) in [5.41, 5.74) is 1.68. The smallest absolute Gasteiger partial charge is 0.303 e. The maximum atomic E-state index is 10.7. The molecule has 1 N–H and O–H groups in total. The summed E-state index contributed by atoms with van der Waals surface area (Å²) in [6.07, 6.45) is 2.61. The highest BCUT2D eigenvalue weighted by Gasteiger charge is 2.12. The highest BCUT2D eigenvalue weighted by Crippen LogP contribution is 2.35. The lowest BCUT2D eigenvalue weighted by Crippen LogP contribution is -2.16. The molecule has 1 heterocycles. The molecule has 32 heavy (non-hydrogen) atoms. The monoisotopic (exact) mass is 455 g/mol. The molecule has 1 aromatic heterocycles. The van der Waals surface area contributed by atoms with Crippen LogP contribution in [0.25, 0.3) is 0 Å². The first kappa shape index (κ1) is 23.4. The van der Waals surface area contributed by atoms with Crippen molar-refractivity contribution >= 4 is 17.6 Å². The van der Waals surface area contributed by atoms with E-state index in [0.717, 1.165) is 11.3 Å². The quantitative estimate of drug-likeness (QED) is 0.377. The van der Waals surface area contributed by atoms with Crippen molar-refractivity contribution < 1.29 is 24.1 Å². The number of halogens is 1. The maximum absolute atomic E-state index is 10.7. The second kappa shape index (κ2) is 11.4. The first-order valence-electron chi connectivity index (χ1n) is 10.4.